The van der Waals surface area contributed by atoms with Crippen molar-refractivity contribution in [3.63, 3.8) is 0 Å². The van der Waals surface area contributed by atoms with Gasteiger partial charge in [0.15, 0.2) is 5.11 Å². The van der Waals surface area contributed by atoms with E-state index in [1.165, 1.54) is 5.69 Å². The second-order valence-corrected chi connectivity index (χ2v) is 4.96. The lowest BCUT2D eigenvalue weighted by molar-refractivity contribution is 0.255. The minimum Gasteiger partial charge on any atom is -0.467 e. The molecule has 0 bridgehead atoms. The average molecular weight is 275 g/mol. The maximum Gasteiger partial charge on any atom is 0.169 e. The summed E-state index contributed by atoms with van der Waals surface area (Å²) >= 11 is 5.49. The van der Waals surface area contributed by atoms with Crippen molar-refractivity contribution in [2.24, 2.45) is 0 Å². The zero-order valence-electron chi connectivity index (χ0n) is 10.9. The highest BCUT2D eigenvalue weighted by Gasteiger charge is 2.31. The van der Waals surface area contributed by atoms with Gasteiger partial charge >= 0.3 is 0 Å². The van der Waals surface area contributed by atoms with Crippen molar-refractivity contribution >= 4 is 17.3 Å². The lowest BCUT2D eigenvalue weighted by Crippen LogP contribution is -2.46. The molecular weight excluding hydrogens is 258 g/mol. The van der Waals surface area contributed by atoms with Crippen molar-refractivity contribution in [1.82, 2.24) is 14.8 Å². The topological polar surface area (TPSA) is 33.3 Å². The Morgan fingerprint density at radius 2 is 2.32 bits per heavy atom. The molecule has 0 fully saturated rings. The number of rotatable bonds is 2. The van der Waals surface area contributed by atoms with E-state index in [2.05, 4.69) is 40.0 Å². The van der Waals surface area contributed by atoms with E-state index < -0.39 is 0 Å². The number of fused-ring (bicyclic) bond motifs is 1. The molecule has 1 unspecified atom stereocenters. The molecule has 0 radical (unpaired) electrons. The lowest BCUT2D eigenvalue weighted by Gasteiger charge is -2.37. The third kappa shape index (κ3) is 2.14. The Balaban J connectivity index is 1.99. The molecule has 0 aromatic carbocycles. The second-order valence-electron chi connectivity index (χ2n) is 4.57. The molecule has 4 nitrogen and oxygen atoms in total. The van der Waals surface area contributed by atoms with Crippen LogP contribution in [0.15, 0.2) is 41.1 Å². The highest BCUT2D eigenvalue weighted by Crippen LogP contribution is 2.32. The third-order valence-corrected chi connectivity index (χ3v) is 3.82. The van der Waals surface area contributed by atoms with Crippen LogP contribution in [-0.2, 0) is 6.54 Å². The van der Waals surface area contributed by atoms with Crippen LogP contribution >= 0.6 is 12.2 Å². The Morgan fingerprint density at radius 1 is 1.42 bits per heavy atom. The normalized spacial score (nSPS) is 18.2. The first kappa shape index (κ1) is 12.3. The molecule has 1 N–H and O–H groups in total. The molecule has 0 aliphatic carbocycles. The number of hydrogen-bond acceptors (Lipinski definition) is 2. The second kappa shape index (κ2) is 5.09. The van der Waals surface area contributed by atoms with E-state index in [1.54, 1.807) is 6.26 Å². The van der Waals surface area contributed by atoms with E-state index in [4.69, 9.17) is 16.6 Å². The Hall–Kier alpha value is -1.75. The molecule has 1 aliphatic heterocycles. The zero-order valence-corrected chi connectivity index (χ0v) is 11.7. The predicted molar refractivity (Wildman–Crippen MR) is 78.0 cm³/mol. The van der Waals surface area contributed by atoms with E-state index in [9.17, 15) is 0 Å². The van der Waals surface area contributed by atoms with Gasteiger partial charge in [-0.1, -0.05) is 0 Å². The molecule has 2 aromatic rings. The van der Waals surface area contributed by atoms with Crippen LogP contribution in [0, 0.1) is 0 Å². The van der Waals surface area contributed by atoms with Crippen LogP contribution in [0.5, 0.6) is 0 Å². The van der Waals surface area contributed by atoms with E-state index in [-0.39, 0.29) is 6.04 Å². The summed E-state index contributed by atoms with van der Waals surface area (Å²) in [5.41, 5.74) is 1.22. The fraction of sp³-hybridized carbons (Fsp3) is 0.357. The fourth-order valence-electron chi connectivity index (χ4n) is 2.60. The summed E-state index contributed by atoms with van der Waals surface area (Å²) < 4.78 is 7.88. The SMILES string of the molecule is CCNC(=S)N1CCn2cccc2C1c1ccco1. The molecule has 19 heavy (non-hydrogen) atoms. The predicted octanol–water partition coefficient (Wildman–Crippen LogP) is 2.38. The number of aromatic nitrogens is 1. The molecule has 0 saturated carbocycles. The van der Waals surface area contributed by atoms with Gasteiger partial charge in [-0.05, 0) is 43.4 Å². The maximum absolute atomic E-state index is 5.62. The van der Waals surface area contributed by atoms with Gasteiger partial charge in [-0.15, -0.1) is 0 Å². The summed E-state index contributed by atoms with van der Waals surface area (Å²) in [5.74, 6) is 0.930. The molecule has 1 aliphatic rings. The summed E-state index contributed by atoms with van der Waals surface area (Å²) in [5, 5.41) is 4.02. The Kier molecular flexibility index (Phi) is 3.29. The molecule has 0 amide bonds. The number of nitrogens with zero attached hydrogens (tertiary/aromatic N) is 2. The first-order chi connectivity index (χ1) is 9.31. The van der Waals surface area contributed by atoms with E-state index in [1.807, 2.05) is 12.1 Å². The van der Waals surface area contributed by atoms with Gasteiger partial charge in [0.2, 0.25) is 0 Å². The van der Waals surface area contributed by atoms with Crippen LogP contribution in [-0.4, -0.2) is 27.7 Å². The highest BCUT2D eigenvalue weighted by atomic mass is 32.1. The number of nitrogens with one attached hydrogen (secondary N) is 1. The Labute approximate surface area is 118 Å². The largest absolute Gasteiger partial charge is 0.467 e. The van der Waals surface area contributed by atoms with Crippen LogP contribution in [0.1, 0.15) is 24.4 Å². The van der Waals surface area contributed by atoms with Gasteiger partial charge in [0.1, 0.15) is 11.8 Å². The van der Waals surface area contributed by atoms with Crippen molar-refractivity contribution < 1.29 is 4.42 Å². The van der Waals surface area contributed by atoms with Crippen LogP contribution in [0.3, 0.4) is 0 Å². The van der Waals surface area contributed by atoms with Crippen LogP contribution in [0.2, 0.25) is 0 Å². The van der Waals surface area contributed by atoms with Crippen LogP contribution in [0.4, 0.5) is 0 Å². The summed E-state index contributed by atoms with van der Waals surface area (Å²) in [7, 11) is 0. The van der Waals surface area contributed by atoms with Crippen molar-refractivity contribution in [2.45, 2.75) is 19.5 Å². The van der Waals surface area contributed by atoms with Gasteiger partial charge in [0.25, 0.3) is 0 Å². The molecule has 5 heteroatoms. The molecule has 2 aromatic heterocycles. The van der Waals surface area contributed by atoms with E-state index >= 15 is 0 Å². The number of hydrogen-bond donors (Lipinski definition) is 1. The summed E-state index contributed by atoms with van der Waals surface area (Å²) in [4.78, 5) is 2.20. The smallest absolute Gasteiger partial charge is 0.169 e. The van der Waals surface area contributed by atoms with Crippen LogP contribution in [0.25, 0.3) is 0 Å². The quantitative estimate of drug-likeness (QED) is 0.853. The fourth-order valence-corrected chi connectivity index (χ4v) is 2.94. The van der Waals surface area contributed by atoms with Crippen molar-refractivity contribution in [1.29, 1.82) is 0 Å². The summed E-state index contributed by atoms with van der Waals surface area (Å²) in [6, 6.07) is 8.20. The van der Waals surface area contributed by atoms with Gasteiger partial charge in [-0.2, -0.15) is 0 Å². The number of furan rings is 1. The molecular formula is C14H17N3OS. The molecule has 3 rings (SSSR count). The highest BCUT2D eigenvalue weighted by molar-refractivity contribution is 7.80. The lowest BCUT2D eigenvalue weighted by atomic mass is 10.1. The first-order valence-corrected chi connectivity index (χ1v) is 6.95. The first-order valence-electron chi connectivity index (χ1n) is 6.54. The zero-order chi connectivity index (χ0) is 13.2. The van der Waals surface area contributed by atoms with E-state index in [0.717, 1.165) is 30.5 Å². The molecule has 0 spiro atoms. The monoisotopic (exact) mass is 275 g/mol. The Morgan fingerprint density at radius 3 is 3.05 bits per heavy atom. The van der Waals surface area contributed by atoms with Gasteiger partial charge in [0, 0.05) is 31.5 Å². The van der Waals surface area contributed by atoms with Crippen molar-refractivity contribution in [2.75, 3.05) is 13.1 Å². The van der Waals surface area contributed by atoms with Gasteiger partial charge < -0.3 is 19.2 Å². The standard InChI is InChI=1S/C14H17N3OS/c1-2-15-14(19)17-9-8-16-7-3-5-11(16)13(17)12-6-4-10-18-12/h3-7,10,13H,2,8-9H2,1H3,(H,15,19). The summed E-state index contributed by atoms with van der Waals surface area (Å²) in [6.07, 6.45) is 3.82. The average Bonchev–Trinajstić information content (AvgIpc) is 3.08. The van der Waals surface area contributed by atoms with Gasteiger partial charge in [-0.25, -0.2) is 0 Å². The van der Waals surface area contributed by atoms with Crippen molar-refractivity contribution in [3.8, 4) is 0 Å². The minimum absolute atomic E-state index is 0.0605. The van der Waals surface area contributed by atoms with Gasteiger partial charge in [-0.3, -0.25) is 0 Å². The maximum atomic E-state index is 5.62. The Bertz CT molecular complexity index is 561. The number of thiocarbonyl (C=S) groups is 1. The third-order valence-electron chi connectivity index (χ3n) is 3.44. The molecule has 3 heterocycles. The summed E-state index contributed by atoms with van der Waals surface area (Å²) in [6.45, 7) is 4.73. The van der Waals surface area contributed by atoms with Crippen LogP contribution < -0.4 is 5.32 Å². The van der Waals surface area contributed by atoms with E-state index in [0.29, 0.717) is 0 Å². The van der Waals surface area contributed by atoms with Crippen molar-refractivity contribution in [3.05, 3.63) is 48.2 Å². The molecule has 1 atom stereocenters. The molecule has 0 saturated heterocycles. The molecule has 100 valence electrons. The minimum atomic E-state index is 0.0605. The van der Waals surface area contributed by atoms with Gasteiger partial charge in [0.05, 0.1) is 6.26 Å².